The molecule has 1 N–H and O–H groups in total. The molecule has 0 aliphatic carbocycles. The summed E-state index contributed by atoms with van der Waals surface area (Å²) in [5.41, 5.74) is 1.61. The zero-order valence-electron chi connectivity index (χ0n) is 8.25. The van der Waals surface area contributed by atoms with Gasteiger partial charge < -0.3 is 5.11 Å². The minimum absolute atomic E-state index is 0.320. The molecule has 0 fully saturated rings. The Balaban J connectivity index is 2.88. The second-order valence-electron chi connectivity index (χ2n) is 3.51. The van der Waals surface area contributed by atoms with E-state index in [4.69, 9.17) is 7.85 Å². The summed E-state index contributed by atoms with van der Waals surface area (Å²) < 4.78 is 0. The molecule has 0 spiro atoms. The molecule has 0 heterocycles. The molecule has 2 heteroatoms. The van der Waals surface area contributed by atoms with Crippen LogP contribution in [0.4, 0.5) is 0 Å². The highest BCUT2D eigenvalue weighted by Crippen LogP contribution is 2.27. The summed E-state index contributed by atoms with van der Waals surface area (Å²) in [5, 5.41) is 9.61. The van der Waals surface area contributed by atoms with Crippen molar-refractivity contribution in [3.8, 4) is 5.75 Å². The van der Waals surface area contributed by atoms with Gasteiger partial charge in [-0.3, -0.25) is 0 Å². The third-order valence-electron chi connectivity index (χ3n) is 2.31. The molecule has 2 radical (unpaired) electrons. The SMILES string of the molecule is [B]c1ccc(C(C)CCC)c(O)c1. The molecule has 0 saturated heterocycles. The summed E-state index contributed by atoms with van der Waals surface area (Å²) in [5.74, 6) is 0.728. The van der Waals surface area contributed by atoms with E-state index < -0.39 is 0 Å². The zero-order valence-corrected chi connectivity index (χ0v) is 8.25. The van der Waals surface area contributed by atoms with E-state index in [0.29, 0.717) is 17.1 Å². The molecule has 0 saturated carbocycles. The van der Waals surface area contributed by atoms with E-state index in [9.17, 15) is 5.11 Å². The van der Waals surface area contributed by atoms with E-state index in [1.54, 1.807) is 6.07 Å². The molecule has 1 atom stereocenters. The van der Waals surface area contributed by atoms with Crippen molar-refractivity contribution < 1.29 is 5.11 Å². The van der Waals surface area contributed by atoms with Crippen molar-refractivity contribution in [1.29, 1.82) is 0 Å². The van der Waals surface area contributed by atoms with Crippen LogP contribution in [0.5, 0.6) is 5.75 Å². The van der Waals surface area contributed by atoms with Gasteiger partial charge in [-0.05, 0) is 24.0 Å². The van der Waals surface area contributed by atoms with Gasteiger partial charge in [-0.2, -0.15) is 0 Å². The van der Waals surface area contributed by atoms with Gasteiger partial charge in [0.2, 0.25) is 0 Å². The van der Waals surface area contributed by atoms with Crippen LogP contribution in [0.1, 0.15) is 38.2 Å². The molecule has 0 aliphatic rings. The maximum absolute atomic E-state index is 9.61. The van der Waals surface area contributed by atoms with Crippen molar-refractivity contribution in [2.24, 2.45) is 0 Å². The van der Waals surface area contributed by atoms with Crippen LogP contribution in [-0.2, 0) is 0 Å². The summed E-state index contributed by atoms with van der Waals surface area (Å²) in [6.45, 7) is 4.26. The van der Waals surface area contributed by atoms with Gasteiger partial charge in [0, 0.05) is 0 Å². The largest absolute Gasteiger partial charge is 0.508 e. The summed E-state index contributed by atoms with van der Waals surface area (Å²) in [4.78, 5) is 0. The molecule has 1 aromatic carbocycles. The van der Waals surface area contributed by atoms with E-state index in [1.165, 1.54) is 0 Å². The Morgan fingerprint density at radius 3 is 2.69 bits per heavy atom. The maximum atomic E-state index is 9.61. The van der Waals surface area contributed by atoms with Crippen LogP contribution in [0.15, 0.2) is 18.2 Å². The van der Waals surface area contributed by atoms with Crippen LogP contribution >= 0.6 is 0 Å². The molecule has 13 heavy (non-hydrogen) atoms. The molecule has 1 rings (SSSR count). The van der Waals surface area contributed by atoms with Crippen LogP contribution < -0.4 is 5.46 Å². The monoisotopic (exact) mass is 174 g/mol. The van der Waals surface area contributed by atoms with Crippen molar-refractivity contribution in [2.75, 3.05) is 0 Å². The highest BCUT2D eigenvalue weighted by molar-refractivity contribution is 6.32. The van der Waals surface area contributed by atoms with Crippen LogP contribution in [0.25, 0.3) is 0 Å². The molecule has 1 aromatic rings. The molecule has 0 aliphatic heterocycles. The standard InChI is InChI=1S/C11H15BO/c1-3-4-8(2)10-6-5-9(12)7-11(10)13/h5-8,13H,3-4H2,1-2H3. The summed E-state index contributed by atoms with van der Waals surface area (Å²) in [6, 6.07) is 5.35. The molecule has 0 aromatic heterocycles. The van der Waals surface area contributed by atoms with E-state index in [1.807, 2.05) is 12.1 Å². The Morgan fingerprint density at radius 2 is 2.15 bits per heavy atom. The topological polar surface area (TPSA) is 20.2 Å². The third kappa shape index (κ3) is 2.51. The third-order valence-corrected chi connectivity index (χ3v) is 2.31. The van der Waals surface area contributed by atoms with Gasteiger partial charge in [0.1, 0.15) is 13.6 Å². The van der Waals surface area contributed by atoms with Crippen LogP contribution in [0.2, 0.25) is 0 Å². The second-order valence-corrected chi connectivity index (χ2v) is 3.51. The number of hydrogen-bond acceptors (Lipinski definition) is 1. The number of phenolic OH excluding ortho intramolecular Hbond substituents is 1. The van der Waals surface area contributed by atoms with E-state index >= 15 is 0 Å². The number of aromatic hydroxyl groups is 1. The zero-order chi connectivity index (χ0) is 9.84. The Morgan fingerprint density at radius 1 is 1.46 bits per heavy atom. The lowest BCUT2D eigenvalue weighted by molar-refractivity contribution is 0.460. The first-order valence-corrected chi connectivity index (χ1v) is 4.73. The average molecular weight is 174 g/mol. The maximum Gasteiger partial charge on any atom is 0.118 e. The molecule has 0 bridgehead atoms. The quantitative estimate of drug-likeness (QED) is 0.695. The van der Waals surface area contributed by atoms with Gasteiger partial charge in [0.25, 0.3) is 0 Å². The number of benzene rings is 1. The molecule has 1 nitrogen and oxygen atoms in total. The molecular formula is C11H15BO. The molecule has 68 valence electrons. The Kier molecular flexibility index (Phi) is 3.41. The second kappa shape index (κ2) is 4.36. The molecule has 1 unspecified atom stereocenters. The summed E-state index contributed by atoms with van der Waals surface area (Å²) in [7, 11) is 5.54. The lowest BCUT2D eigenvalue weighted by Crippen LogP contribution is -2.03. The fourth-order valence-corrected chi connectivity index (χ4v) is 1.57. The highest BCUT2D eigenvalue weighted by Gasteiger charge is 2.08. The first-order valence-electron chi connectivity index (χ1n) is 4.73. The van der Waals surface area contributed by atoms with Gasteiger partial charge in [0.15, 0.2) is 0 Å². The fourth-order valence-electron chi connectivity index (χ4n) is 1.57. The fraction of sp³-hybridized carbons (Fsp3) is 0.455. The lowest BCUT2D eigenvalue weighted by Gasteiger charge is -2.12. The first kappa shape index (κ1) is 10.2. The normalized spacial score (nSPS) is 12.8. The van der Waals surface area contributed by atoms with Gasteiger partial charge in [0.05, 0.1) is 0 Å². The van der Waals surface area contributed by atoms with E-state index in [2.05, 4.69) is 13.8 Å². The van der Waals surface area contributed by atoms with Crippen molar-refractivity contribution in [2.45, 2.75) is 32.6 Å². The predicted molar refractivity (Wildman–Crippen MR) is 56.8 cm³/mol. The van der Waals surface area contributed by atoms with Gasteiger partial charge in [-0.25, -0.2) is 0 Å². The highest BCUT2D eigenvalue weighted by atomic mass is 16.3. The minimum atomic E-state index is 0.320. The summed E-state index contributed by atoms with van der Waals surface area (Å²) >= 11 is 0. The predicted octanol–water partition coefficient (Wildman–Crippen LogP) is 2.09. The van der Waals surface area contributed by atoms with Crippen molar-refractivity contribution in [1.82, 2.24) is 0 Å². The molecule has 0 amide bonds. The van der Waals surface area contributed by atoms with E-state index in [-0.39, 0.29) is 0 Å². The Labute approximate surface area is 81.2 Å². The first-order chi connectivity index (χ1) is 6.15. The molecular weight excluding hydrogens is 159 g/mol. The van der Waals surface area contributed by atoms with Gasteiger partial charge >= 0.3 is 0 Å². The van der Waals surface area contributed by atoms with Crippen LogP contribution in [0, 0.1) is 0 Å². The van der Waals surface area contributed by atoms with Crippen molar-refractivity contribution in [3.63, 3.8) is 0 Å². The smallest absolute Gasteiger partial charge is 0.118 e. The number of hydrogen-bond donors (Lipinski definition) is 1. The van der Waals surface area contributed by atoms with Crippen molar-refractivity contribution >= 4 is 13.3 Å². The number of rotatable bonds is 3. The van der Waals surface area contributed by atoms with Crippen molar-refractivity contribution in [3.05, 3.63) is 23.8 Å². The van der Waals surface area contributed by atoms with Gasteiger partial charge in [-0.15, -0.1) is 0 Å². The lowest BCUT2D eigenvalue weighted by atomic mass is 9.90. The Hall–Kier alpha value is -0.915. The number of phenols is 1. The van der Waals surface area contributed by atoms with E-state index in [0.717, 1.165) is 18.4 Å². The average Bonchev–Trinajstić information content (AvgIpc) is 2.04. The van der Waals surface area contributed by atoms with Crippen LogP contribution in [-0.4, -0.2) is 13.0 Å². The Bertz CT molecular complexity index is 283. The van der Waals surface area contributed by atoms with Gasteiger partial charge in [-0.1, -0.05) is 37.9 Å². The van der Waals surface area contributed by atoms with Crippen LogP contribution in [0.3, 0.4) is 0 Å². The minimum Gasteiger partial charge on any atom is -0.508 e. The summed E-state index contributed by atoms with van der Waals surface area (Å²) in [6.07, 6.45) is 2.22.